The zero-order valence-corrected chi connectivity index (χ0v) is 18.0. The fourth-order valence-corrected chi connectivity index (χ4v) is 3.95. The number of ether oxygens (including phenoxy) is 1. The Bertz CT molecular complexity index is 1010. The summed E-state index contributed by atoms with van der Waals surface area (Å²) in [6.45, 7) is 10.3. The summed E-state index contributed by atoms with van der Waals surface area (Å²) >= 11 is 6.56. The molecular formula is C19H25BClN3O5. The van der Waals surface area contributed by atoms with Crippen LogP contribution in [0.3, 0.4) is 0 Å². The topological polar surface area (TPSA) is 95.7 Å². The number of benzene rings is 1. The minimum Gasteiger partial charge on any atom is -0.399 e. The molecule has 0 radical (unpaired) electrons. The molecule has 1 aromatic heterocycles. The standard InChI is InChI=1S/C19H25BClN3O5/c1-10-12(20-28-18(2,3)19(4,5)29-20)8-11-16(15(10)21)22-23-24(17(11)26)13-6-7-27-9-14(13)25/h8,13-14,25H,6-7,9H2,1-5H3/t13-,14-/m0/s1. The summed E-state index contributed by atoms with van der Waals surface area (Å²) in [6.07, 6.45) is -0.345. The lowest BCUT2D eigenvalue weighted by atomic mass is 9.75. The molecule has 2 saturated heterocycles. The van der Waals surface area contributed by atoms with Crippen LogP contribution < -0.4 is 11.0 Å². The van der Waals surface area contributed by atoms with Crippen LogP contribution in [0.1, 0.15) is 45.7 Å². The van der Waals surface area contributed by atoms with E-state index >= 15 is 0 Å². The molecule has 0 saturated carbocycles. The molecule has 4 rings (SSSR count). The highest BCUT2D eigenvalue weighted by Crippen LogP contribution is 2.37. The summed E-state index contributed by atoms with van der Waals surface area (Å²) in [6, 6.07) is 1.23. The van der Waals surface area contributed by atoms with Crippen LogP contribution in [0, 0.1) is 6.92 Å². The number of nitrogens with zero attached hydrogens (tertiary/aromatic N) is 3. The number of rotatable bonds is 2. The molecule has 0 unspecified atom stereocenters. The van der Waals surface area contributed by atoms with Crippen LogP contribution in [-0.2, 0) is 14.0 Å². The highest BCUT2D eigenvalue weighted by Gasteiger charge is 2.52. The van der Waals surface area contributed by atoms with E-state index in [-0.39, 0.29) is 12.2 Å². The van der Waals surface area contributed by atoms with Crippen LogP contribution >= 0.6 is 11.6 Å². The lowest BCUT2D eigenvalue weighted by Crippen LogP contribution is -2.41. The van der Waals surface area contributed by atoms with Gasteiger partial charge in [-0.1, -0.05) is 16.8 Å². The van der Waals surface area contributed by atoms with Gasteiger partial charge in [-0.05, 0) is 58.1 Å². The smallest absolute Gasteiger partial charge is 0.399 e. The van der Waals surface area contributed by atoms with E-state index in [0.29, 0.717) is 34.4 Å². The first-order chi connectivity index (χ1) is 13.5. The molecule has 10 heteroatoms. The Labute approximate surface area is 174 Å². The van der Waals surface area contributed by atoms with Crippen molar-refractivity contribution in [1.29, 1.82) is 0 Å². The Balaban J connectivity index is 1.85. The van der Waals surface area contributed by atoms with Crippen molar-refractivity contribution in [2.24, 2.45) is 0 Å². The van der Waals surface area contributed by atoms with Crippen molar-refractivity contribution < 1.29 is 19.2 Å². The number of hydrogen-bond acceptors (Lipinski definition) is 7. The van der Waals surface area contributed by atoms with E-state index in [1.807, 2.05) is 34.6 Å². The van der Waals surface area contributed by atoms with Gasteiger partial charge in [0.2, 0.25) is 0 Å². The number of hydrogen-bond donors (Lipinski definition) is 1. The molecule has 2 fully saturated rings. The number of fused-ring (bicyclic) bond motifs is 1. The molecule has 0 bridgehead atoms. The normalized spacial score (nSPS) is 26.2. The number of aliphatic hydroxyl groups is 1. The molecule has 1 aromatic carbocycles. The SMILES string of the molecule is Cc1c(B2OC(C)(C)C(C)(C)O2)cc2c(=O)n([C@H]3CCOC[C@@H]3O)nnc2c1Cl. The van der Waals surface area contributed by atoms with E-state index in [0.717, 1.165) is 5.56 Å². The molecule has 29 heavy (non-hydrogen) atoms. The number of halogens is 1. The van der Waals surface area contributed by atoms with Crippen LogP contribution in [0.2, 0.25) is 5.02 Å². The minimum absolute atomic E-state index is 0.157. The van der Waals surface area contributed by atoms with E-state index < -0.39 is 30.5 Å². The Kier molecular flexibility index (Phi) is 5.03. The van der Waals surface area contributed by atoms with Crippen LogP contribution in [0.15, 0.2) is 10.9 Å². The maximum absolute atomic E-state index is 13.2. The third-order valence-corrected chi connectivity index (χ3v) is 6.78. The molecule has 156 valence electrons. The summed E-state index contributed by atoms with van der Waals surface area (Å²) in [5.74, 6) is 0. The fraction of sp³-hybridized carbons (Fsp3) is 0.632. The Morgan fingerprint density at radius 1 is 1.28 bits per heavy atom. The van der Waals surface area contributed by atoms with Gasteiger partial charge in [0.15, 0.2) is 0 Å². The van der Waals surface area contributed by atoms with Gasteiger partial charge in [0.1, 0.15) is 5.52 Å². The van der Waals surface area contributed by atoms with E-state index in [4.69, 9.17) is 25.6 Å². The van der Waals surface area contributed by atoms with E-state index in [1.165, 1.54) is 4.68 Å². The summed E-state index contributed by atoms with van der Waals surface area (Å²) in [4.78, 5) is 13.2. The average molecular weight is 422 g/mol. The van der Waals surface area contributed by atoms with Gasteiger partial charge in [0.25, 0.3) is 5.56 Å². The number of aliphatic hydroxyl groups excluding tert-OH is 1. The van der Waals surface area contributed by atoms with Gasteiger partial charge >= 0.3 is 7.12 Å². The van der Waals surface area contributed by atoms with Crippen molar-refractivity contribution in [2.75, 3.05) is 13.2 Å². The predicted molar refractivity (Wildman–Crippen MR) is 110 cm³/mol. The zero-order valence-electron chi connectivity index (χ0n) is 17.2. The Morgan fingerprint density at radius 3 is 2.55 bits per heavy atom. The highest BCUT2D eigenvalue weighted by molar-refractivity contribution is 6.63. The summed E-state index contributed by atoms with van der Waals surface area (Å²) in [5, 5.41) is 19.1. The monoisotopic (exact) mass is 421 g/mol. The quantitative estimate of drug-likeness (QED) is 0.732. The average Bonchev–Trinajstić information content (AvgIpc) is 2.86. The first kappa shape index (κ1) is 20.7. The van der Waals surface area contributed by atoms with Gasteiger partial charge in [-0.3, -0.25) is 4.79 Å². The van der Waals surface area contributed by atoms with Crippen molar-refractivity contribution in [2.45, 2.75) is 64.4 Å². The molecule has 0 aliphatic carbocycles. The van der Waals surface area contributed by atoms with Crippen molar-refractivity contribution in [1.82, 2.24) is 15.0 Å². The lowest BCUT2D eigenvalue weighted by Gasteiger charge is -2.32. The molecule has 3 heterocycles. The van der Waals surface area contributed by atoms with Gasteiger partial charge in [-0.25, -0.2) is 4.68 Å². The van der Waals surface area contributed by atoms with Crippen molar-refractivity contribution >= 4 is 35.1 Å². The van der Waals surface area contributed by atoms with Crippen molar-refractivity contribution in [3.05, 3.63) is 27.0 Å². The van der Waals surface area contributed by atoms with Crippen LogP contribution in [0.25, 0.3) is 10.9 Å². The second-order valence-corrected chi connectivity index (χ2v) is 9.10. The van der Waals surface area contributed by atoms with E-state index in [9.17, 15) is 9.90 Å². The lowest BCUT2D eigenvalue weighted by molar-refractivity contribution is -0.0434. The largest absolute Gasteiger partial charge is 0.495 e. The van der Waals surface area contributed by atoms with Gasteiger partial charge < -0.3 is 19.2 Å². The Hall–Kier alpha value is -1.52. The third-order valence-electron chi connectivity index (χ3n) is 6.32. The fourth-order valence-electron chi connectivity index (χ4n) is 3.70. The molecular weight excluding hydrogens is 396 g/mol. The number of aromatic nitrogens is 3. The van der Waals surface area contributed by atoms with E-state index in [2.05, 4.69) is 10.3 Å². The van der Waals surface area contributed by atoms with Crippen molar-refractivity contribution in [3.63, 3.8) is 0 Å². The summed E-state index contributed by atoms with van der Waals surface area (Å²) in [5.41, 5.74) is 0.344. The molecule has 2 aromatic rings. The molecule has 0 amide bonds. The van der Waals surface area contributed by atoms with E-state index in [1.54, 1.807) is 6.07 Å². The molecule has 8 nitrogen and oxygen atoms in total. The second-order valence-electron chi connectivity index (χ2n) is 8.73. The first-order valence-corrected chi connectivity index (χ1v) is 10.1. The van der Waals surface area contributed by atoms with Gasteiger partial charge in [0.05, 0.1) is 40.4 Å². The maximum Gasteiger partial charge on any atom is 0.495 e. The van der Waals surface area contributed by atoms with Gasteiger partial charge in [0, 0.05) is 6.61 Å². The first-order valence-electron chi connectivity index (χ1n) is 9.73. The zero-order chi connectivity index (χ0) is 21.1. The summed E-state index contributed by atoms with van der Waals surface area (Å²) in [7, 11) is -0.656. The molecule has 2 aliphatic rings. The van der Waals surface area contributed by atoms with Crippen LogP contribution in [0.5, 0.6) is 0 Å². The van der Waals surface area contributed by atoms with Gasteiger partial charge in [-0.2, -0.15) is 0 Å². The highest BCUT2D eigenvalue weighted by atomic mass is 35.5. The molecule has 2 aliphatic heterocycles. The molecule has 2 atom stereocenters. The second kappa shape index (κ2) is 7.02. The summed E-state index contributed by atoms with van der Waals surface area (Å²) < 4.78 is 18.8. The third kappa shape index (κ3) is 3.29. The predicted octanol–water partition coefficient (Wildman–Crippen LogP) is 1.37. The molecule has 0 spiro atoms. The Morgan fingerprint density at radius 2 is 1.93 bits per heavy atom. The van der Waals surface area contributed by atoms with Crippen LogP contribution in [0.4, 0.5) is 0 Å². The minimum atomic E-state index is -0.823. The van der Waals surface area contributed by atoms with Gasteiger partial charge in [-0.15, -0.1) is 5.10 Å². The molecule has 1 N–H and O–H groups in total. The van der Waals surface area contributed by atoms with Crippen LogP contribution in [-0.4, -0.2) is 57.7 Å². The van der Waals surface area contributed by atoms with Crippen molar-refractivity contribution in [3.8, 4) is 0 Å². The maximum atomic E-state index is 13.2.